The van der Waals surface area contributed by atoms with E-state index in [1.165, 1.54) is 6.92 Å². The third-order valence-corrected chi connectivity index (χ3v) is 3.39. The fourth-order valence-corrected chi connectivity index (χ4v) is 2.37. The number of aromatic nitrogens is 2. The Kier molecular flexibility index (Phi) is 3.30. The summed E-state index contributed by atoms with van der Waals surface area (Å²) in [6, 6.07) is 0. The van der Waals surface area contributed by atoms with E-state index >= 15 is 0 Å². The quantitative estimate of drug-likeness (QED) is 0.743. The minimum atomic E-state index is -0.0615. The van der Waals surface area contributed by atoms with Crippen LogP contribution in [0, 0.1) is 0 Å². The largest absolute Gasteiger partial charge is 0.298 e. The van der Waals surface area contributed by atoms with Crippen LogP contribution in [0.25, 0.3) is 0 Å². The van der Waals surface area contributed by atoms with E-state index < -0.39 is 0 Å². The molecular weight excluding hydrogens is 226 g/mol. The molecule has 0 N–H and O–H groups in total. The summed E-state index contributed by atoms with van der Waals surface area (Å²) in [7, 11) is 0. The van der Waals surface area contributed by atoms with Crippen LogP contribution in [0.2, 0.25) is 5.02 Å². The number of halogens is 1. The van der Waals surface area contributed by atoms with Gasteiger partial charge in [-0.05, 0) is 13.0 Å². The summed E-state index contributed by atoms with van der Waals surface area (Å²) in [5.74, 6) is -0.0615. The van der Waals surface area contributed by atoms with Gasteiger partial charge in [-0.15, -0.1) is 0 Å². The number of hydrogen-bond acceptors (Lipinski definition) is 3. The zero-order valence-electron chi connectivity index (χ0n) is 9.66. The smallest absolute Gasteiger partial charge is 0.181 e. The number of aryl methyl sites for hydroxylation is 1. The van der Waals surface area contributed by atoms with Gasteiger partial charge < -0.3 is 0 Å². The topological polar surface area (TPSA) is 38.1 Å². The predicted molar refractivity (Wildman–Crippen MR) is 62.8 cm³/mol. The van der Waals surface area contributed by atoms with Gasteiger partial charge in [0.25, 0.3) is 0 Å². The second kappa shape index (κ2) is 4.55. The first kappa shape index (κ1) is 11.6. The molecule has 0 amide bonds. The summed E-state index contributed by atoms with van der Waals surface area (Å²) in [6.45, 7) is 7.33. The Morgan fingerprint density at radius 2 is 2.25 bits per heavy atom. The Hall–Kier alpha value is -0.870. The molecule has 0 aliphatic carbocycles. The van der Waals surface area contributed by atoms with E-state index in [1.807, 2.05) is 4.68 Å². The lowest BCUT2D eigenvalue weighted by atomic mass is 10.2. The molecule has 0 radical (unpaired) electrons. The molecule has 16 heavy (non-hydrogen) atoms. The van der Waals surface area contributed by atoms with Gasteiger partial charge in [-0.1, -0.05) is 18.5 Å². The molecule has 0 saturated carbocycles. The van der Waals surface area contributed by atoms with Crippen molar-refractivity contribution in [3.05, 3.63) is 16.4 Å². The molecule has 2 heterocycles. The number of fused-ring (bicyclic) bond motifs is 1. The Balaban J connectivity index is 2.38. The van der Waals surface area contributed by atoms with Gasteiger partial charge in [-0.3, -0.25) is 14.4 Å². The molecular formula is C11H16ClN3O. The third kappa shape index (κ3) is 1.99. The molecule has 1 aliphatic heterocycles. The average Bonchev–Trinajstić information content (AvgIpc) is 2.47. The fourth-order valence-electron chi connectivity index (χ4n) is 2.04. The molecule has 0 spiro atoms. The number of nitrogens with zero attached hydrogens (tertiary/aromatic N) is 3. The summed E-state index contributed by atoms with van der Waals surface area (Å²) < 4.78 is 1.88. The maximum atomic E-state index is 11.3. The molecule has 1 aromatic heterocycles. The summed E-state index contributed by atoms with van der Waals surface area (Å²) in [6.07, 6.45) is 1.05. The number of carbonyl (C=O) groups excluding carboxylic acids is 1. The van der Waals surface area contributed by atoms with Gasteiger partial charge in [0.1, 0.15) is 5.69 Å². The van der Waals surface area contributed by atoms with Crippen LogP contribution in [0.1, 0.15) is 36.5 Å². The Bertz CT molecular complexity index is 414. The minimum absolute atomic E-state index is 0.0615. The molecule has 0 bridgehead atoms. The van der Waals surface area contributed by atoms with E-state index in [2.05, 4.69) is 16.9 Å². The molecule has 5 heteroatoms. The second-order valence-corrected chi connectivity index (χ2v) is 4.49. The molecule has 0 saturated heterocycles. The number of carbonyl (C=O) groups is 1. The van der Waals surface area contributed by atoms with Gasteiger partial charge in [0.2, 0.25) is 0 Å². The van der Waals surface area contributed by atoms with Crippen LogP contribution in [0.4, 0.5) is 0 Å². The molecule has 2 rings (SSSR count). The van der Waals surface area contributed by atoms with Crippen LogP contribution in [0.5, 0.6) is 0 Å². The third-order valence-electron chi connectivity index (χ3n) is 2.99. The van der Waals surface area contributed by atoms with E-state index in [-0.39, 0.29) is 5.78 Å². The number of ketones is 1. The number of rotatable bonds is 2. The zero-order chi connectivity index (χ0) is 11.7. The van der Waals surface area contributed by atoms with Crippen LogP contribution in [-0.4, -0.2) is 33.6 Å². The highest BCUT2D eigenvalue weighted by Crippen LogP contribution is 2.24. The van der Waals surface area contributed by atoms with Crippen LogP contribution >= 0.6 is 11.6 Å². The zero-order valence-corrected chi connectivity index (χ0v) is 10.4. The van der Waals surface area contributed by atoms with Gasteiger partial charge in [-0.25, -0.2) is 0 Å². The summed E-state index contributed by atoms with van der Waals surface area (Å²) in [5.41, 5.74) is 1.39. The first-order valence-corrected chi connectivity index (χ1v) is 5.99. The van der Waals surface area contributed by atoms with Gasteiger partial charge in [-0.2, -0.15) is 5.10 Å². The van der Waals surface area contributed by atoms with Crippen LogP contribution < -0.4 is 0 Å². The van der Waals surface area contributed by atoms with Crippen molar-refractivity contribution in [1.29, 1.82) is 0 Å². The van der Waals surface area contributed by atoms with Gasteiger partial charge >= 0.3 is 0 Å². The van der Waals surface area contributed by atoms with Crippen molar-refractivity contribution in [3.63, 3.8) is 0 Å². The molecule has 0 unspecified atom stereocenters. The lowest BCUT2D eigenvalue weighted by Gasteiger charge is -2.16. The van der Waals surface area contributed by atoms with E-state index in [0.29, 0.717) is 10.7 Å². The van der Waals surface area contributed by atoms with Crippen molar-refractivity contribution < 1.29 is 4.79 Å². The van der Waals surface area contributed by atoms with Gasteiger partial charge in [0.15, 0.2) is 5.78 Å². The lowest BCUT2D eigenvalue weighted by molar-refractivity contribution is 0.101. The molecule has 0 aromatic carbocycles. The standard InChI is InChI=1S/C11H16ClN3O/c1-3-14-5-4-6-15-9(7-14)10(12)11(13-15)8(2)16/h3-7H2,1-2H3. The first-order valence-electron chi connectivity index (χ1n) is 5.62. The number of Topliss-reactive ketones (excluding diaryl/α,β-unsaturated/α-hetero) is 1. The maximum Gasteiger partial charge on any atom is 0.181 e. The van der Waals surface area contributed by atoms with Crippen molar-refractivity contribution in [2.24, 2.45) is 0 Å². The molecule has 0 fully saturated rings. The Morgan fingerprint density at radius 3 is 2.88 bits per heavy atom. The van der Waals surface area contributed by atoms with Gasteiger partial charge in [0.05, 0.1) is 10.7 Å². The summed E-state index contributed by atoms with van der Waals surface area (Å²) in [5, 5.41) is 4.82. The molecule has 1 aromatic rings. The second-order valence-electron chi connectivity index (χ2n) is 4.11. The molecule has 4 nitrogen and oxygen atoms in total. The van der Waals surface area contributed by atoms with Crippen molar-refractivity contribution >= 4 is 17.4 Å². The van der Waals surface area contributed by atoms with Crippen LogP contribution in [-0.2, 0) is 13.1 Å². The highest BCUT2D eigenvalue weighted by molar-refractivity contribution is 6.34. The monoisotopic (exact) mass is 241 g/mol. The maximum absolute atomic E-state index is 11.3. The predicted octanol–water partition coefficient (Wildman–Crippen LogP) is 1.96. The Morgan fingerprint density at radius 1 is 1.50 bits per heavy atom. The number of hydrogen-bond donors (Lipinski definition) is 0. The SMILES string of the molecule is CCN1CCCn2nc(C(C)=O)c(Cl)c2C1. The average molecular weight is 242 g/mol. The fraction of sp³-hybridized carbons (Fsp3) is 0.636. The first-order chi connectivity index (χ1) is 7.63. The molecule has 1 aliphatic rings. The van der Waals surface area contributed by atoms with E-state index in [0.717, 1.165) is 38.3 Å². The molecule has 0 atom stereocenters. The van der Waals surface area contributed by atoms with Crippen LogP contribution in [0.15, 0.2) is 0 Å². The van der Waals surface area contributed by atoms with Crippen molar-refractivity contribution in [1.82, 2.24) is 14.7 Å². The molecule has 88 valence electrons. The Labute approximate surface area is 100 Å². The van der Waals surface area contributed by atoms with Crippen molar-refractivity contribution in [2.75, 3.05) is 13.1 Å². The van der Waals surface area contributed by atoms with Crippen LogP contribution in [0.3, 0.4) is 0 Å². The summed E-state index contributed by atoms with van der Waals surface area (Å²) in [4.78, 5) is 13.7. The normalized spacial score (nSPS) is 16.9. The van der Waals surface area contributed by atoms with Gasteiger partial charge in [0, 0.05) is 26.6 Å². The highest BCUT2D eigenvalue weighted by Gasteiger charge is 2.22. The van der Waals surface area contributed by atoms with Crippen molar-refractivity contribution in [2.45, 2.75) is 33.4 Å². The lowest BCUT2D eigenvalue weighted by Crippen LogP contribution is -2.22. The van der Waals surface area contributed by atoms with E-state index in [1.54, 1.807) is 0 Å². The summed E-state index contributed by atoms with van der Waals surface area (Å²) >= 11 is 6.20. The highest BCUT2D eigenvalue weighted by atomic mass is 35.5. The van der Waals surface area contributed by atoms with E-state index in [9.17, 15) is 4.79 Å². The van der Waals surface area contributed by atoms with E-state index in [4.69, 9.17) is 11.6 Å². The van der Waals surface area contributed by atoms with Crippen molar-refractivity contribution in [3.8, 4) is 0 Å². The minimum Gasteiger partial charge on any atom is -0.298 e.